The maximum Gasteiger partial charge on any atom is 0.107 e. The average Bonchev–Trinajstić information content (AvgIpc) is 2.80. The Morgan fingerprint density at radius 1 is 1.53 bits per heavy atom. The standard InChI is InChI=1S/C13H21ClN2S/c1-2-5-12-6-3-4-7-16(12)9-13-15-11(8-14)10-17-13/h10,12H,2-9H2,1H3. The van der Waals surface area contributed by atoms with Gasteiger partial charge in [-0.15, -0.1) is 22.9 Å². The predicted molar refractivity (Wildman–Crippen MR) is 74.6 cm³/mol. The maximum absolute atomic E-state index is 5.79. The molecule has 1 aromatic heterocycles. The van der Waals surface area contributed by atoms with Gasteiger partial charge in [0.15, 0.2) is 0 Å². The van der Waals surface area contributed by atoms with E-state index in [9.17, 15) is 0 Å². The highest BCUT2D eigenvalue weighted by molar-refractivity contribution is 7.09. The lowest BCUT2D eigenvalue weighted by Crippen LogP contribution is -2.38. The summed E-state index contributed by atoms with van der Waals surface area (Å²) in [6, 6.07) is 0.775. The van der Waals surface area contributed by atoms with E-state index in [0.29, 0.717) is 5.88 Å². The van der Waals surface area contributed by atoms with Gasteiger partial charge in [-0.05, 0) is 25.8 Å². The molecule has 1 aromatic rings. The summed E-state index contributed by atoms with van der Waals surface area (Å²) in [6.07, 6.45) is 6.71. The molecule has 1 aliphatic heterocycles. The van der Waals surface area contributed by atoms with Crippen molar-refractivity contribution in [2.45, 2.75) is 57.5 Å². The number of halogens is 1. The van der Waals surface area contributed by atoms with Gasteiger partial charge in [0.1, 0.15) is 5.01 Å². The van der Waals surface area contributed by atoms with Crippen molar-refractivity contribution >= 4 is 22.9 Å². The molecular formula is C13H21ClN2S. The zero-order chi connectivity index (χ0) is 12.1. The van der Waals surface area contributed by atoms with Gasteiger partial charge in [-0.1, -0.05) is 19.8 Å². The molecule has 96 valence electrons. The van der Waals surface area contributed by atoms with Crippen LogP contribution in [0.25, 0.3) is 0 Å². The van der Waals surface area contributed by atoms with Crippen molar-refractivity contribution in [2.24, 2.45) is 0 Å². The third-order valence-electron chi connectivity index (χ3n) is 3.45. The predicted octanol–water partition coefficient (Wildman–Crippen LogP) is 4.04. The number of hydrogen-bond donors (Lipinski definition) is 0. The summed E-state index contributed by atoms with van der Waals surface area (Å²) in [5, 5.41) is 3.31. The monoisotopic (exact) mass is 272 g/mol. The Morgan fingerprint density at radius 3 is 3.12 bits per heavy atom. The van der Waals surface area contributed by atoms with E-state index in [4.69, 9.17) is 11.6 Å². The van der Waals surface area contributed by atoms with E-state index < -0.39 is 0 Å². The zero-order valence-electron chi connectivity index (χ0n) is 10.5. The van der Waals surface area contributed by atoms with E-state index in [1.807, 2.05) is 0 Å². The summed E-state index contributed by atoms with van der Waals surface area (Å²) in [7, 11) is 0. The lowest BCUT2D eigenvalue weighted by molar-refractivity contribution is 0.131. The molecule has 0 saturated carbocycles. The summed E-state index contributed by atoms with van der Waals surface area (Å²) in [5.74, 6) is 0.537. The number of thiazole rings is 1. The number of piperidine rings is 1. The minimum Gasteiger partial charge on any atom is -0.294 e. The molecule has 2 heterocycles. The van der Waals surface area contributed by atoms with Gasteiger partial charge in [-0.25, -0.2) is 4.98 Å². The molecule has 1 atom stereocenters. The second-order valence-electron chi connectivity index (χ2n) is 4.77. The Hall–Kier alpha value is -0.120. The minimum absolute atomic E-state index is 0.537. The fraction of sp³-hybridized carbons (Fsp3) is 0.769. The lowest BCUT2D eigenvalue weighted by Gasteiger charge is -2.35. The summed E-state index contributed by atoms with van der Waals surface area (Å²) < 4.78 is 0. The molecular weight excluding hydrogens is 252 g/mol. The molecule has 0 spiro atoms. The van der Waals surface area contributed by atoms with Crippen LogP contribution in [0.15, 0.2) is 5.38 Å². The molecule has 0 amide bonds. The van der Waals surface area contributed by atoms with E-state index in [2.05, 4.69) is 22.2 Å². The topological polar surface area (TPSA) is 16.1 Å². The first kappa shape index (κ1) is 13.3. The Bertz CT molecular complexity index is 338. The quantitative estimate of drug-likeness (QED) is 0.752. The summed E-state index contributed by atoms with van der Waals surface area (Å²) >= 11 is 7.54. The Morgan fingerprint density at radius 2 is 2.41 bits per heavy atom. The van der Waals surface area contributed by atoms with Crippen LogP contribution in [-0.4, -0.2) is 22.5 Å². The van der Waals surface area contributed by atoms with Crippen LogP contribution in [0.2, 0.25) is 0 Å². The van der Waals surface area contributed by atoms with Gasteiger partial charge in [0.2, 0.25) is 0 Å². The summed E-state index contributed by atoms with van der Waals surface area (Å²) in [4.78, 5) is 7.18. The fourth-order valence-electron chi connectivity index (χ4n) is 2.58. The molecule has 1 fully saturated rings. The maximum atomic E-state index is 5.79. The molecule has 2 rings (SSSR count). The highest BCUT2D eigenvalue weighted by Crippen LogP contribution is 2.24. The molecule has 0 N–H and O–H groups in total. The summed E-state index contributed by atoms with van der Waals surface area (Å²) in [5.41, 5.74) is 1.02. The van der Waals surface area contributed by atoms with E-state index in [0.717, 1.165) is 18.3 Å². The van der Waals surface area contributed by atoms with E-state index in [1.54, 1.807) is 11.3 Å². The fourth-order valence-corrected chi connectivity index (χ4v) is 3.63. The van der Waals surface area contributed by atoms with Crippen LogP contribution in [0, 0.1) is 0 Å². The van der Waals surface area contributed by atoms with Gasteiger partial charge in [0, 0.05) is 11.4 Å². The van der Waals surface area contributed by atoms with E-state index >= 15 is 0 Å². The lowest BCUT2D eigenvalue weighted by atomic mass is 9.98. The van der Waals surface area contributed by atoms with Crippen LogP contribution in [-0.2, 0) is 12.4 Å². The van der Waals surface area contributed by atoms with Gasteiger partial charge in [0.05, 0.1) is 18.1 Å². The SMILES string of the molecule is CCCC1CCCCN1Cc1nc(CCl)cs1. The number of rotatable bonds is 5. The molecule has 0 radical (unpaired) electrons. The first-order chi connectivity index (χ1) is 8.33. The van der Waals surface area contributed by atoms with Gasteiger partial charge < -0.3 is 0 Å². The minimum atomic E-state index is 0.537. The van der Waals surface area contributed by atoms with Crippen molar-refractivity contribution in [2.75, 3.05) is 6.54 Å². The van der Waals surface area contributed by atoms with Crippen molar-refractivity contribution < 1.29 is 0 Å². The first-order valence-electron chi connectivity index (χ1n) is 6.56. The van der Waals surface area contributed by atoms with Crippen molar-refractivity contribution in [1.29, 1.82) is 0 Å². The third kappa shape index (κ3) is 3.67. The molecule has 4 heteroatoms. The van der Waals surface area contributed by atoms with Crippen LogP contribution in [0.4, 0.5) is 0 Å². The van der Waals surface area contributed by atoms with Gasteiger partial charge in [-0.3, -0.25) is 4.90 Å². The smallest absolute Gasteiger partial charge is 0.107 e. The molecule has 17 heavy (non-hydrogen) atoms. The van der Waals surface area contributed by atoms with Crippen LogP contribution in [0.3, 0.4) is 0 Å². The van der Waals surface area contributed by atoms with Crippen molar-refractivity contribution in [3.63, 3.8) is 0 Å². The molecule has 0 aliphatic carbocycles. The third-order valence-corrected chi connectivity index (χ3v) is 4.60. The van der Waals surface area contributed by atoms with Crippen LogP contribution >= 0.6 is 22.9 Å². The zero-order valence-corrected chi connectivity index (χ0v) is 12.1. The molecule has 0 aromatic carbocycles. The van der Waals surface area contributed by atoms with Crippen molar-refractivity contribution in [3.8, 4) is 0 Å². The summed E-state index contributed by atoms with van der Waals surface area (Å²) in [6.45, 7) is 4.54. The number of aromatic nitrogens is 1. The van der Waals surface area contributed by atoms with E-state index in [-0.39, 0.29) is 0 Å². The van der Waals surface area contributed by atoms with Crippen molar-refractivity contribution in [1.82, 2.24) is 9.88 Å². The average molecular weight is 273 g/mol. The second-order valence-corrected chi connectivity index (χ2v) is 5.98. The van der Waals surface area contributed by atoms with Crippen LogP contribution < -0.4 is 0 Å². The van der Waals surface area contributed by atoms with Crippen LogP contribution in [0.1, 0.15) is 49.7 Å². The number of nitrogens with zero attached hydrogens (tertiary/aromatic N) is 2. The Labute approximate surface area is 113 Å². The largest absolute Gasteiger partial charge is 0.294 e. The number of likely N-dealkylation sites (tertiary alicyclic amines) is 1. The molecule has 0 bridgehead atoms. The number of alkyl halides is 1. The van der Waals surface area contributed by atoms with Crippen LogP contribution in [0.5, 0.6) is 0 Å². The Balaban J connectivity index is 1.95. The van der Waals surface area contributed by atoms with Gasteiger partial charge in [-0.2, -0.15) is 0 Å². The van der Waals surface area contributed by atoms with Crippen molar-refractivity contribution in [3.05, 3.63) is 16.1 Å². The van der Waals surface area contributed by atoms with Gasteiger partial charge in [0.25, 0.3) is 0 Å². The molecule has 1 unspecified atom stereocenters. The molecule has 2 nitrogen and oxygen atoms in total. The highest BCUT2D eigenvalue weighted by atomic mass is 35.5. The molecule has 1 saturated heterocycles. The highest BCUT2D eigenvalue weighted by Gasteiger charge is 2.22. The molecule has 1 aliphatic rings. The van der Waals surface area contributed by atoms with E-state index in [1.165, 1.54) is 43.7 Å². The Kier molecular flexibility index (Phi) is 5.26. The number of hydrogen-bond acceptors (Lipinski definition) is 3. The van der Waals surface area contributed by atoms with Gasteiger partial charge >= 0.3 is 0 Å². The first-order valence-corrected chi connectivity index (χ1v) is 7.98. The second kappa shape index (κ2) is 6.72. The normalized spacial score (nSPS) is 21.9.